The maximum atomic E-state index is 6.83. The smallest absolute Gasteiger partial charge is 0.159 e. The van der Waals surface area contributed by atoms with E-state index < -0.39 is 0 Å². The van der Waals surface area contributed by atoms with E-state index in [1.165, 1.54) is 65.3 Å². The lowest BCUT2D eigenvalue weighted by Gasteiger charge is -2.26. The Morgan fingerprint density at radius 1 is 0.333 bits per heavy atom. The maximum absolute atomic E-state index is 6.83. The summed E-state index contributed by atoms with van der Waals surface area (Å²) >= 11 is 0. The fourth-order valence-corrected chi connectivity index (χ4v) is 9.94. The Morgan fingerprint density at radius 2 is 0.921 bits per heavy atom. The molecular formula is C60H38N2O. The molecule has 13 aromatic rings. The normalized spacial score (nSPS) is 11.8. The molecule has 0 amide bonds. The summed E-state index contributed by atoms with van der Waals surface area (Å²) in [6.45, 7) is 0. The molecule has 0 N–H and O–H groups in total. The van der Waals surface area contributed by atoms with Gasteiger partial charge in [0.15, 0.2) is 5.58 Å². The van der Waals surface area contributed by atoms with Gasteiger partial charge < -0.3 is 13.9 Å². The number of rotatable bonds is 6. The van der Waals surface area contributed by atoms with Crippen LogP contribution in [0.1, 0.15) is 0 Å². The highest BCUT2D eigenvalue weighted by atomic mass is 16.3. The van der Waals surface area contributed by atoms with Gasteiger partial charge in [-0.1, -0.05) is 170 Å². The third-order valence-electron chi connectivity index (χ3n) is 12.9. The first-order valence-corrected chi connectivity index (χ1v) is 21.6. The molecule has 0 aliphatic heterocycles. The van der Waals surface area contributed by atoms with Gasteiger partial charge in [0.1, 0.15) is 5.58 Å². The Bertz CT molecular complexity index is 3900. The number of hydrogen-bond donors (Lipinski definition) is 0. The van der Waals surface area contributed by atoms with Gasteiger partial charge in [-0.2, -0.15) is 0 Å². The van der Waals surface area contributed by atoms with Gasteiger partial charge in [-0.05, 0) is 110 Å². The van der Waals surface area contributed by atoms with Crippen molar-refractivity contribution in [2.45, 2.75) is 0 Å². The summed E-state index contributed by atoms with van der Waals surface area (Å²) < 4.78 is 9.27. The van der Waals surface area contributed by atoms with Gasteiger partial charge >= 0.3 is 0 Å². The van der Waals surface area contributed by atoms with Crippen molar-refractivity contribution >= 4 is 93.1 Å². The van der Waals surface area contributed by atoms with Gasteiger partial charge in [-0.15, -0.1) is 0 Å². The Kier molecular flexibility index (Phi) is 7.91. The zero-order valence-corrected chi connectivity index (χ0v) is 34.2. The number of nitrogens with zero attached hydrogens (tertiary/aromatic N) is 2. The molecule has 0 unspecified atom stereocenters. The van der Waals surface area contributed by atoms with E-state index in [-0.39, 0.29) is 0 Å². The molecule has 2 heterocycles. The minimum Gasteiger partial charge on any atom is -0.454 e. The van der Waals surface area contributed by atoms with Crippen LogP contribution in [0.3, 0.4) is 0 Å². The Balaban J connectivity index is 0.978. The lowest BCUT2D eigenvalue weighted by atomic mass is 10.00. The van der Waals surface area contributed by atoms with Crippen molar-refractivity contribution in [3.63, 3.8) is 0 Å². The number of hydrogen-bond acceptors (Lipinski definition) is 2. The quantitative estimate of drug-likeness (QED) is 0.156. The van der Waals surface area contributed by atoms with E-state index >= 15 is 0 Å². The standard InChI is InChI=1S/C60H38N2O/c1-3-12-39(13-4-1)43-28-35-58-55(37-43)54-20-11-21-56(60(54)63-58)61(48-31-34-50-45(36-48)23-22-41-14-7-9-18-49(41)50)47-29-24-40(25-30-47)44-27-32-52-53-33-26-42-15-8-10-19-51(42)59(53)62(57(52)38-44)46-16-5-2-6-17-46/h1-38H. The molecule has 3 heteroatoms. The molecule has 0 spiro atoms. The Labute approximate surface area is 363 Å². The van der Waals surface area contributed by atoms with Crippen LogP contribution in [0.5, 0.6) is 0 Å². The second kappa shape index (κ2) is 14.1. The van der Waals surface area contributed by atoms with E-state index in [0.29, 0.717) is 0 Å². The molecular weight excluding hydrogens is 765 g/mol. The van der Waals surface area contributed by atoms with Crippen LogP contribution in [-0.4, -0.2) is 4.57 Å². The summed E-state index contributed by atoms with van der Waals surface area (Å²) in [4.78, 5) is 2.35. The largest absolute Gasteiger partial charge is 0.454 e. The molecule has 11 aromatic carbocycles. The number of fused-ring (bicyclic) bond motifs is 11. The molecule has 0 radical (unpaired) electrons. The molecule has 13 rings (SSSR count). The summed E-state index contributed by atoms with van der Waals surface area (Å²) in [6.07, 6.45) is 0. The Hall–Kier alpha value is -8.40. The molecule has 2 aromatic heterocycles. The molecule has 0 fully saturated rings. The number of aromatic nitrogens is 1. The monoisotopic (exact) mass is 802 g/mol. The SMILES string of the molecule is c1ccc(-c2ccc3oc4c(N(c5ccc(-c6ccc7c8ccc9ccccc9c8n(-c8ccccc8)c7c6)cc5)c5ccc6c(ccc7ccccc76)c5)cccc4c3c2)cc1. The predicted octanol–water partition coefficient (Wildman–Crippen LogP) is 16.9. The average Bonchev–Trinajstić information content (AvgIpc) is 3.90. The molecule has 0 saturated heterocycles. The molecule has 0 aliphatic carbocycles. The van der Waals surface area contributed by atoms with Crippen LogP contribution in [0.4, 0.5) is 17.1 Å². The fourth-order valence-electron chi connectivity index (χ4n) is 9.94. The summed E-state index contributed by atoms with van der Waals surface area (Å²) in [5.41, 5.74) is 13.0. The zero-order chi connectivity index (χ0) is 41.4. The summed E-state index contributed by atoms with van der Waals surface area (Å²) in [6, 6.07) is 83.4. The Morgan fingerprint density at radius 3 is 1.76 bits per heavy atom. The average molecular weight is 803 g/mol. The third kappa shape index (κ3) is 5.67. The number of para-hydroxylation sites is 2. The summed E-state index contributed by atoms with van der Waals surface area (Å²) in [5, 5.41) is 12.1. The molecule has 0 atom stereocenters. The molecule has 294 valence electrons. The van der Waals surface area contributed by atoms with Crippen LogP contribution >= 0.6 is 0 Å². The van der Waals surface area contributed by atoms with Crippen LogP contribution < -0.4 is 4.90 Å². The van der Waals surface area contributed by atoms with E-state index in [2.05, 4.69) is 240 Å². The van der Waals surface area contributed by atoms with Gasteiger partial charge in [-0.25, -0.2) is 0 Å². The molecule has 63 heavy (non-hydrogen) atoms. The highest BCUT2D eigenvalue weighted by molar-refractivity contribution is 6.19. The highest BCUT2D eigenvalue weighted by Gasteiger charge is 2.21. The molecule has 0 bridgehead atoms. The highest BCUT2D eigenvalue weighted by Crippen LogP contribution is 2.45. The van der Waals surface area contributed by atoms with Gasteiger partial charge in [0.2, 0.25) is 0 Å². The molecule has 3 nitrogen and oxygen atoms in total. The van der Waals surface area contributed by atoms with E-state index in [4.69, 9.17) is 4.42 Å². The van der Waals surface area contributed by atoms with E-state index in [0.717, 1.165) is 55.8 Å². The number of furan rings is 1. The van der Waals surface area contributed by atoms with Gasteiger partial charge in [0.05, 0.1) is 16.7 Å². The van der Waals surface area contributed by atoms with E-state index in [1.807, 2.05) is 0 Å². The van der Waals surface area contributed by atoms with Crippen molar-refractivity contribution in [2.24, 2.45) is 0 Å². The fraction of sp³-hybridized carbons (Fsp3) is 0. The van der Waals surface area contributed by atoms with Crippen LogP contribution in [0, 0.1) is 0 Å². The van der Waals surface area contributed by atoms with Crippen LogP contribution in [-0.2, 0) is 0 Å². The maximum Gasteiger partial charge on any atom is 0.159 e. The van der Waals surface area contributed by atoms with E-state index in [1.54, 1.807) is 0 Å². The van der Waals surface area contributed by atoms with Crippen LogP contribution in [0.2, 0.25) is 0 Å². The van der Waals surface area contributed by atoms with Crippen molar-refractivity contribution in [1.82, 2.24) is 4.57 Å². The van der Waals surface area contributed by atoms with Crippen LogP contribution in [0.25, 0.3) is 104 Å². The van der Waals surface area contributed by atoms with Crippen molar-refractivity contribution in [1.29, 1.82) is 0 Å². The summed E-state index contributed by atoms with van der Waals surface area (Å²) in [5.74, 6) is 0. The molecule has 0 saturated carbocycles. The zero-order valence-electron chi connectivity index (χ0n) is 34.2. The molecule has 0 aliphatic rings. The third-order valence-corrected chi connectivity index (χ3v) is 12.9. The predicted molar refractivity (Wildman–Crippen MR) is 266 cm³/mol. The van der Waals surface area contributed by atoms with Crippen molar-refractivity contribution < 1.29 is 4.42 Å². The first-order valence-electron chi connectivity index (χ1n) is 21.6. The van der Waals surface area contributed by atoms with E-state index in [9.17, 15) is 0 Å². The number of benzene rings is 11. The second-order valence-corrected chi connectivity index (χ2v) is 16.5. The second-order valence-electron chi connectivity index (χ2n) is 16.5. The topological polar surface area (TPSA) is 21.3 Å². The van der Waals surface area contributed by atoms with Crippen molar-refractivity contribution in [3.8, 4) is 27.9 Å². The minimum atomic E-state index is 0.854. The van der Waals surface area contributed by atoms with Gasteiger partial charge in [0.25, 0.3) is 0 Å². The van der Waals surface area contributed by atoms with Crippen molar-refractivity contribution in [3.05, 3.63) is 231 Å². The summed E-state index contributed by atoms with van der Waals surface area (Å²) in [7, 11) is 0. The first-order chi connectivity index (χ1) is 31.2. The lowest BCUT2D eigenvalue weighted by Crippen LogP contribution is -2.10. The van der Waals surface area contributed by atoms with Crippen LogP contribution in [0.15, 0.2) is 235 Å². The minimum absolute atomic E-state index is 0.854. The number of anilines is 3. The first kappa shape index (κ1) is 35.4. The van der Waals surface area contributed by atoms with Gasteiger partial charge in [0, 0.05) is 44.0 Å². The van der Waals surface area contributed by atoms with Crippen molar-refractivity contribution in [2.75, 3.05) is 4.90 Å². The lowest BCUT2D eigenvalue weighted by molar-refractivity contribution is 0.669. The van der Waals surface area contributed by atoms with Gasteiger partial charge in [-0.3, -0.25) is 0 Å².